The average Bonchev–Trinajstić information content (AvgIpc) is 2.50. The van der Waals surface area contributed by atoms with E-state index in [4.69, 9.17) is 0 Å². The number of carbonyl (C=O) groups is 1. The summed E-state index contributed by atoms with van der Waals surface area (Å²) in [5.74, 6) is 0.332. The van der Waals surface area contributed by atoms with Crippen LogP contribution in [-0.4, -0.2) is 17.4 Å². The summed E-state index contributed by atoms with van der Waals surface area (Å²) in [7, 11) is 0. The lowest BCUT2D eigenvalue weighted by Gasteiger charge is -2.12. The number of benzene rings is 1. The number of nitrogens with zero attached hydrogens (tertiary/aromatic N) is 1. The zero-order valence-corrected chi connectivity index (χ0v) is 13.6. The number of aromatic nitrogens is 1. The Bertz CT molecular complexity index is 665. The van der Waals surface area contributed by atoms with Crippen LogP contribution in [0, 0.1) is 19.8 Å². The summed E-state index contributed by atoms with van der Waals surface area (Å²) in [5, 5.41) is 6.23. The Kier molecular flexibility index (Phi) is 5.15. The Morgan fingerprint density at radius 3 is 2.73 bits per heavy atom. The molecule has 1 aromatic carbocycles. The Labute approximate surface area is 132 Å². The van der Waals surface area contributed by atoms with Gasteiger partial charge < -0.3 is 10.6 Å². The molecule has 1 heterocycles. The van der Waals surface area contributed by atoms with Gasteiger partial charge in [0.05, 0.1) is 17.4 Å². The molecule has 116 valence electrons. The number of anilines is 2. The van der Waals surface area contributed by atoms with Gasteiger partial charge in [0.25, 0.3) is 5.91 Å². The lowest BCUT2D eigenvalue weighted by atomic mass is 10.1. The predicted molar refractivity (Wildman–Crippen MR) is 90.6 cm³/mol. The van der Waals surface area contributed by atoms with Gasteiger partial charge in [-0.05, 0) is 43.0 Å². The van der Waals surface area contributed by atoms with Crippen molar-refractivity contribution < 1.29 is 4.79 Å². The number of carbonyl (C=O) groups excluding carboxylic acids is 1. The van der Waals surface area contributed by atoms with E-state index in [2.05, 4.69) is 49.4 Å². The quantitative estimate of drug-likeness (QED) is 0.882. The topological polar surface area (TPSA) is 54.0 Å². The molecule has 2 rings (SSSR count). The second-order valence-corrected chi connectivity index (χ2v) is 5.94. The van der Waals surface area contributed by atoms with Crippen LogP contribution in [0.3, 0.4) is 0 Å². The monoisotopic (exact) mass is 297 g/mol. The molecule has 0 radical (unpaired) electrons. The second-order valence-electron chi connectivity index (χ2n) is 5.94. The van der Waals surface area contributed by atoms with E-state index >= 15 is 0 Å². The first kappa shape index (κ1) is 16.0. The maximum Gasteiger partial charge on any atom is 0.252 e. The molecule has 0 bridgehead atoms. The Balaban J connectivity index is 2.15. The fraction of sp³-hybridized carbons (Fsp3) is 0.333. The molecule has 0 saturated heterocycles. The average molecular weight is 297 g/mol. The first-order valence-electron chi connectivity index (χ1n) is 7.54. The standard InChI is InChI=1S/C18H23N3O/c1-12(2)9-20-18(22)15-8-16(11-19-10-15)21-17-7-5-6-13(3)14(17)4/h5-8,10-12,21H,9H2,1-4H3,(H,20,22). The normalized spacial score (nSPS) is 10.6. The summed E-state index contributed by atoms with van der Waals surface area (Å²) < 4.78 is 0. The molecule has 0 aliphatic carbocycles. The number of pyridine rings is 1. The van der Waals surface area contributed by atoms with Gasteiger partial charge in [0.1, 0.15) is 0 Å². The summed E-state index contributed by atoms with van der Waals surface area (Å²) in [5.41, 5.74) is 4.82. The summed E-state index contributed by atoms with van der Waals surface area (Å²) in [6.45, 7) is 8.94. The van der Waals surface area contributed by atoms with Gasteiger partial charge in [-0.15, -0.1) is 0 Å². The molecule has 0 spiro atoms. The van der Waals surface area contributed by atoms with Gasteiger partial charge >= 0.3 is 0 Å². The van der Waals surface area contributed by atoms with Crippen molar-refractivity contribution in [1.82, 2.24) is 10.3 Å². The number of amides is 1. The van der Waals surface area contributed by atoms with E-state index < -0.39 is 0 Å². The van der Waals surface area contributed by atoms with Crippen LogP contribution in [-0.2, 0) is 0 Å². The number of hydrogen-bond acceptors (Lipinski definition) is 3. The van der Waals surface area contributed by atoms with E-state index in [1.54, 1.807) is 12.4 Å². The molecule has 1 amide bonds. The number of rotatable bonds is 5. The van der Waals surface area contributed by atoms with Crippen molar-refractivity contribution in [2.24, 2.45) is 5.92 Å². The third-order valence-electron chi connectivity index (χ3n) is 3.55. The van der Waals surface area contributed by atoms with Gasteiger partial charge in [-0.2, -0.15) is 0 Å². The summed E-state index contributed by atoms with van der Waals surface area (Å²) in [6.07, 6.45) is 3.31. The van der Waals surface area contributed by atoms with Gasteiger partial charge in [0, 0.05) is 18.4 Å². The molecule has 0 aliphatic rings. The van der Waals surface area contributed by atoms with Crippen molar-refractivity contribution in [3.05, 3.63) is 53.3 Å². The van der Waals surface area contributed by atoms with Crippen molar-refractivity contribution in [2.75, 3.05) is 11.9 Å². The van der Waals surface area contributed by atoms with Crippen molar-refractivity contribution in [2.45, 2.75) is 27.7 Å². The molecule has 1 aromatic heterocycles. The third-order valence-corrected chi connectivity index (χ3v) is 3.55. The molecular formula is C18H23N3O. The van der Waals surface area contributed by atoms with Crippen molar-refractivity contribution in [1.29, 1.82) is 0 Å². The van der Waals surface area contributed by atoms with E-state index in [-0.39, 0.29) is 5.91 Å². The van der Waals surface area contributed by atoms with E-state index in [9.17, 15) is 4.79 Å². The number of nitrogens with one attached hydrogen (secondary N) is 2. The van der Waals surface area contributed by atoms with Crippen LogP contribution >= 0.6 is 0 Å². The Morgan fingerprint density at radius 1 is 1.23 bits per heavy atom. The maximum absolute atomic E-state index is 12.1. The van der Waals surface area contributed by atoms with Gasteiger partial charge in [-0.25, -0.2) is 0 Å². The molecule has 22 heavy (non-hydrogen) atoms. The number of hydrogen-bond donors (Lipinski definition) is 2. The SMILES string of the molecule is Cc1cccc(Nc2cncc(C(=O)NCC(C)C)c2)c1C. The smallest absolute Gasteiger partial charge is 0.252 e. The predicted octanol–water partition coefficient (Wildman–Crippen LogP) is 3.83. The highest BCUT2D eigenvalue weighted by atomic mass is 16.1. The van der Waals surface area contributed by atoms with E-state index in [1.165, 1.54) is 11.1 Å². The Morgan fingerprint density at radius 2 is 2.00 bits per heavy atom. The second kappa shape index (κ2) is 7.07. The van der Waals surface area contributed by atoms with Crippen LogP contribution in [0.25, 0.3) is 0 Å². The van der Waals surface area contributed by atoms with Gasteiger partial charge in [0.2, 0.25) is 0 Å². The first-order chi connectivity index (χ1) is 10.5. The van der Waals surface area contributed by atoms with Crippen LogP contribution in [0.2, 0.25) is 0 Å². The Hall–Kier alpha value is -2.36. The highest BCUT2D eigenvalue weighted by Crippen LogP contribution is 2.22. The zero-order valence-electron chi connectivity index (χ0n) is 13.6. The first-order valence-corrected chi connectivity index (χ1v) is 7.54. The fourth-order valence-corrected chi connectivity index (χ4v) is 2.07. The van der Waals surface area contributed by atoms with Crippen LogP contribution in [0.4, 0.5) is 11.4 Å². The van der Waals surface area contributed by atoms with Crippen LogP contribution in [0.15, 0.2) is 36.7 Å². The largest absolute Gasteiger partial charge is 0.354 e. The summed E-state index contributed by atoms with van der Waals surface area (Å²) >= 11 is 0. The molecule has 0 fully saturated rings. The van der Waals surface area contributed by atoms with E-state index in [1.807, 2.05) is 18.2 Å². The maximum atomic E-state index is 12.1. The van der Waals surface area contributed by atoms with E-state index in [0.29, 0.717) is 18.0 Å². The van der Waals surface area contributed by atoms with Crippen molar-refractivity contribution >= 4 is 17.3 Å². The number of aryl methyl sites for hydroxylation is 1. The molecule has 2 N–H and O–H groups in total. The minimum Gasteiger partial charge on any atom is -0.354 e. The fourth-order valence-electron chi connectivity index (χ4n) is 2.07. The van der Waals surface area contributed by atoms with Crippen molar-refractivity contribution in [3.63, 3.8) is 0 Å². The van der Waals surface area contributed by atoms with E-state index in [0.717, 1.165) is 11.4 Å². The van der Waals surface area contributed by atoms with Crippen LogP contribution in [0.1, 0.15) is 35.3 Å². The van der Waals surface area contributed by atoms with Crippen LogP contribution in [0.5, 0.6) is 0 Å². The van der Waals surface area contributed by atoms with Crippen LogP contribution < -0.4 is 10.6 Å². The molecule has 0 unspecified atom stereocenters. The molecule has 2 aromatic rings. The summed E-state index contributed by atoms with van der Waals surface area (Å²) in [6, 6.07) is 7.93. The van der Waals surface area contributed by atoms with Crippen molar-refractivity contribution in [3.8, 4) is 0 Å². The highest BCUT2D eigenvalue weighted by molar-refractivity contribution is 5.94. The third kappa shape index (κ3) is 4.07. The zero-order chi connectivity index (χ0) is 16.1. The van der Waals surface area contributed by atoms with Gasteiger partial charge in [-0.3, -0.25) is 9.78 Å². The van der Waals surface area contributed by atoms with Gasteiger partial charge in [-0.1, -0.05) is 26.0 Å². The molecular weight excluding hydrogens is 274 g/mol. The molecule has 0 atom stereocenters. The molecule has 0 aliphatic heterocycles. The van der Waals surface area contributed by atoms with Gasteiger partial charge in [0.15, 0.2) is 0 Å². The summed E-state index contributed by atoms with van der Waals surface area (Å²) in [4.78, 5) is 16.3. The molecule has 0 saturated carbocycles. The minimum atomic E-state index is -0.0918. The minimum absolute atomic E-state index is 0.0918. The lowest BCUT2D eigenvalue weighted by molar-refractivity contribution is 0.0948. The molecule has 4 heteroatoms. The highest BCUT2D eigenvalue weighted by Gasteiger charge is 2.08. The molecule has 4 nitrogen and oxygen atoms in total. The lowest BCUT2D eigenvalue weighted by Crippen LogP contribution is -2.27.